The number of nitrogens with one attached hydrogen (secondary N) is 1. The minimum atomic E-state index is -4.51. The van der Waals surface area contributed by atoms with Gasteiger partial charge in [-0.2, -0.15) is 24.9 Å². The number of halogens is 3. The van der Waals surface area contributed by atoms with Crippen molar-refractivity contribution in [3.05, 3.63) is 0 Å². The summed E-state index contributed by atoms with van der Waals surface area (Å²) in [5, 5.41) is 11.9. The van der Waals surface area contributed by atoms with Crippen molar-refractivity contribution >= 4 is 11.8 Å². The normalized spacial score (nSPS) is 30.6. The summed E-state index contributed by atoms with van der Waals surface area (Å²) in [6.45, 7) is 1.65. The maximum absolute atomic E-state index is 11.9. The minimum absolute atomic E-state index is 0.104. The summed E-state index contributed by atoms with van der Waals surface area (Å²) in [5.41, 5.74) is 0. The summed E-state index contributed by atoms with van der Waals surface area (Å²) in [5.74, 6) is 0.825. The lowest BCUT2D eigenvalue weighted by Gasteiger charge is -2.17. The first-order valence-corrected chi connectivity index (χ1v) is 5.54. The molecule has 0 spiro atoms. The smallest absolute Gasteiger partial charge is 0.382 e. The van der Waals surface area contributed by atoms with E-state index >= 15 is 0 Å². The number of alkyl halides is 3. The van der Waals surface area contributed by atoms with Crippen LogP contribution >= 0.6 is 11.8 Å². The van der Waals surface area contributed by atoms with Crippen LogP contribution in [-0.2, 0) is 0 Å². The predicted octanol–water partition coefficient (Wildman–Crippen LogP) is 1.39. The second-order valence-corrected chi connectivity index (χ2v) is 5.01. The average Bonchev–Trinajstić information content (AvgIpc) is 2.45. The first-order valence-electron chi connectivity index (χ1n) is 4.49. The van der Waals surface area contributed by atoms with Crippen molar-refractivity contribution in [1.29, 1.82) is 0 Å². The fourth-order valence-corrected chi connectivity index (χ4v) is 2.54. The summed E-state index contributed by atoms with van der Waals surface area (Å²) in [7, 11) is 0. The predicted molar refractivity (Wildman–Crippen MR) is 50.4 cm³/mol. The van der Waals surface area contributed by atoms with E-state index in [1.165, 1.54) is 0 Å². The fraction of sp³-hybridized carbons (Fsp3) is 1.00. The van der Waals surface area contributed by atoms with Crippen LogP contribution in [0.15, 0.2) is 0 Å². The third-order valence-electron chi connectivity index (χ3n) is 2.18. The van der Waals surface area contributed by atoms with Crippen molar-refractivity contribution in [2.24, 2.45) is 0 Å². The summed E-state index contributed by atoms with van der Waals surface area (Å²) in [6.07, 6.45) is -5.89. The van der Waals surface area contributed by atoms with E-state index in [9.17, 15) is 13.2 Å². The molecule has 1 fully saturated rings. The minimum Gasteiger partial charge on any atom is -0.382 e. The van der Waals surface area contributed by atoms with Crippen molar-refractivity contribution in [3.63, 3.8) is 0 Å². The van der Waals surface area contributed by atoms with Crippen LogP contribution in [0.5, 0.6) is 0 Å². The molecule has 2 nitrogen and oxygen atoms in total. The molecule has 1 rings (SSSR count). The van der Waals surface area contributed by atoms with Crippen LogP contribution < -0.4 is 5.32 Å². The van der Waals surface area contributed by atoms with Crippen LogP contribution in [0.1, 0.15) is 13.3 Å². The van der Waals surface area contributed by atoms with E-state index in [2.05, 4.69) is 5.32 Å². The Bertz CT molecular complexity index is 188. The van der Waals surface area contributed by atoms with Gasteiger partial charge in [-0.1, -0.05) is 6.92 Å². The van der Waals surface area contributed by atoms with E-state index in [1.54, 1.807) is 11.8 Å². The monoisotopic (exact) mass is 229 g/mol. The lowest BCUT2D eigenvalue weighted by Crippen LogP contribution is -2.42. The van der Waals surface area contributed by atoms with Crippen molar-refractivity contribution in [3.8, 4) is 0 Å². The molecule has 84 valence electrons. The molecule has 0 aromatic carbocycles. The van der Waals surface area contributed by atoms with Crippen LogP contribution in [0.25, 0.3) is 0 Å². The lowest BCUT2D eigenvalue weighted by atomic mass is 10.2. The van der Waals surface area contributed by atoms with E-state index in [0.29, 0.717) is 5.25 Å². The second kappa shape index (κ2) is 4.72. The van der Waals surface area contributed by atoms with Crippen LogP contribution in [-0.4, -0.2) is 41.0 Å². The molecule has 1 saturated heterocycles. The van der Waals surface area contributed by atoms with Crippen LogP contribution in [0.2, 0.25) is 0 Å². The molecule has 1 aliphatic rings. The molecule has 0 amide bonds. The molecule has 0 saturated carbocycles. The summed E-state index contributed by atoms with van der Waals surface area (Å²) < 4.78 is 35.7. The Labute approximate surface area is 85.3 Å². The van der Waals surface area contributed by atoms with Crippen LogP contribution in [0.3, 0.4) is 0 Å². The lowest BCUT2D eigenvalue weighted by molar-refractivity contribution is -0.202. The topological polar surface area (TPSA) is 32.3 Å². The molecular weight excluding hydrogens is 215 g/mol. The van der Waals surface area contributed by atoms with Gasteiger partial charge in [-0.25, -0.2) is 0 Å². The quantitative estimate of drug-likeness (QED) is 0.767. The molecule has 0 aromatic heterocycles. The Morgan fingerprint density at radius 2 is 2.21 bits per heavy atom. The molecule has 0 bridgehead atoms. The third-order valence-corrected chi connectivity index (χ3v) is 3.53. The van der Waals surface area contributed by atoms with Gasteiger partial charge in [-0.15, -0.1) is 0 Å². The van der Waals surface area contributed by atoms with Crippen molar-refractivity contribution in [2.75, 3.05) is 12.3 Å². The highest BCUT2D eigenvalue weighted by molar-refractivity contribution is 8.00. The summed E-state index contributed by atoms with van der Waals surface area (Å²) >= 11 is 1.74. The van der Waals surface area contributed by atoms with Gasteiger partial charge in [0.25, 0.3) is 0 Å². The van der Waals surface area contributed by atoms with E-state index in [0.717, 1.165) is 12.2 Å². The van der Waals surface area contributed by atoms with E-state index in [1.807, 2.05) is 6.92 Å². The number of thioether (sulfide) groups is 1. The SMILES string of the molecule is CC1CC(NCC(O)C(F)(F)F)CS1. The molecule has 1 aliphatic heterocycles. The second-order valence-electron chi connectivity index (χ2n) is 3.54. The zero-order chi connectivity index (χ0) is 10.8. The maximum Gasteiger partial charge on any atom is 0.415 e. The van der Waals surface area contributed by atoms with Crippen LogP contribution in [0.4, 0.5) is 13.2 Å². The summed E-state index contributed by atoms with van der Waals surface area (Å²) in [4.78, 5) is 0. The molecule has 0 aliphatic carbocycles. The van der Waals surface area contributed by atoms with Gasteiger partial charge in [0.1, 0.15) is 0 Å². The Morgan fingerprint density at radius 1 is 1.57 bits per heavy atom. The molecule has 14 heavy (non-hydrogen) atoms. The van der Waals surface area contributed by atoms with Crippen LogP contribution in [0, 0.1) is 0 Å². The number of hydrogen-bond donors (Lipinski definition) is 2. The fourth-order valence-electron chi connectivity index (χ4n) is 1.35. The molecule has 6 heteroatoms. The van der Waals surface area contributed by atoms with Gasteiger partial charge in [0.15, 0.2) is 6.10 Å². The van der Waals surface area contributed by atoms with Gasteiger partial charge in [0.2, 0.25) is 0 Å². The number of hydrogen-bond acceptors (Lipinski definition) is 3. The molecule has 0 radical (unpaired) electrons. The zero-order valence-corrected chi connectivity index (χ0v) is 8.66. The van der Waals surface area contributed by atoms with Gasteiger partial charge in [-0.3, -0.25) is 0 Å². The molecule has 1 heterocycles. The average molecular weight is 229 g/mol. The van der Waals surface area contributed by atoms with Gasteiger partial charge < -0.3 is 10.4 Å². The van der Waals surface area contributed by atoms with Crippen molar-refractivity contribution in [2.45, 2.75) is 36.9 Å². The number of aliphatic hydroxyl groups excluding tert-OH is 1. The van der Waals surface area contributed by atoms with Gasteiger partial charge in [0, 0.05) is 23.6 Å². The molecular formula is C8H14F3NOS. The highest BCUT2D eigenvalue weighted by Gasteiger charge is 2.38. The number of aliphatic hydroxyl groups is 1. The maximum atomic E-state index is 11.9. The Hall–Kier alpha value is 0.0600. The highest BCUT2D eigenvalue weighted by Crippen LogP contribution is 2.26. The van der Waals surface area contributed by atoms with E-state index in [-0.39, 0.29) is 6.04 Å². The number of rotatable bonds is 3. The summed E-state index contributed by atoms with van der Waals surface area (Å²) in [6, 6.07) is 0.104. The molecule has 3 atom stereocenters. The van der Waals surface area contributed by atoms with Gasteiger partial charge in [-0.05, 0) is 6.42 Å². The van der Waals surface area contributed by atoms with Gasteiger partial charge in [0.05, 0.1) is 0 Å². The van der Waals surface area contributed by atoms with Crippen molar-refractivity contribution < 1.29 is 18.3 Å². The Kier molecular flexibility index (Phi) is 4.09. The first-order chi connectivity index (χ1) is 6.39. The van der Waals surface area contributed by atoms with E-state index < -0.39 is 18.8 Å². The van der Waals surface area contributed by atoms with Gasteiger partial charge >= 0.3 is 6.18 Å². The third kappa shape index (κ3) is 3.67. The molecule has 0 aromatic rings. The standard InChI is InChI=1S/C8H14F3NOS/c1-5-2-6(4-14-5)12-3-7(13)8(9,10)11/h5-7,12-13H,2-4H2,1H3. The molecule has 2 N–H and O–H groups in total. The first kappa shape index (κ1) is 12.1. The Morgan fingerprint density at radius 3 is 2.64 bits per heavy atom. The Balaban J connectivity index is 2.21. The largest absolute Gasteiger partial charge is 0.415 e. The molecule has 3 unspecified atom stereocenters. The zero-order valence-electron chi connectivity index (χ0n) is 7.84. The highest BCUT2D eigenvalue weighted by atomic mass is 32.2. The van der Waals surface area contributed by atoms with Crippen molar-refractivity contribution in [1.82, 2.24) is 5.32 Å². The van der Waals surface area contributed by atoms with E-state index in [4.69, 9.17) is 5.11 Å².